The molecule has 0 bridgehead atoms. The molecular formula is C20H21N3OS. The van der Waals surface area contributed by atoms with E-state index < -0.39 is 0 Å². The molecule has 0 fully saturated rings. The Morgan fingerprint density at radius 3 is 2.40 bits per heavy atom. The van der Waals surface area contributed by atoms with Crippen LogP contribution in [0.25, 0.3) is 10.6 Å². The van der Waals surface area contributed by atoms with E-state index in [1.165, 1.54) is 16.9 Å². The van der Waals surface area contributed by atoms with Gasteiger partial charge in [-0.1, -0.05) is 78.4 Å². The molecule has 0 aliphatic heterocycles. The molecule has 0 saturated carbocycles. The molecule has 0 spiro atoms. The minimum atomic E-state index is -0.169. The highest BCUT2D eigenvalue weighted by atomic mass is 32.1. The Labute approximate surface area is 152 Å². The molecule has 25 heavy (non-hydrogen) atoms. The SMILES string of the molecule is CCC(C(=O)N(C)c1nnc(-c2ccc(C)cc2)s1)c1ccccc1. The van der Waals surface area contributed by atoms with Gasteiger partial charge in [-0.15, -0.1) is 10.2 Å². The standard InChI is InChI=1S/C20H21N3OS/c1-4-17(15-8-6-5-7-9-15)19(24)23(3)20-22-21-18(25-20)16-12-10-14(2)11-13-16/h5-13,17H,4H2,1-3H3. The zero-order valence-electron chi connectivity index (χ0n) is 14.6. The van der Waals surface area contributed by atoms with Crippen molar-refractivity contribution in [2.45, 2.75) is 26.2 Å². The highest BCUT2D eigenvalue weighted by molar-refractivity contribution is 7.18. The molecule has 5 heteroatoms. The van der Waals surface area contributed by atoms with Crippen LogP contribution in [0.4, 0.5) is 5.13 Å². The van der Waals surface area contributed by atoms with Gasteiger partial charge in [-0.25, -0.2) is 0 Å². The predicted octanol–water partition coefficient (Wildman–Crippen LogP) is 4.67. The van der Waals surface area contributed by atoms with E-state index in [2.05, 4.69) is 17.1 Å². The molecule has 0 radical (unpaired) electrons. The summed E-state index contributed by atoms with van der Waals surface area (Å²) in [6, 6.07) is 18.0. The largest absolute Gasteiger partial charge is 0.289 e. The first-order valence-electron chi connectivity index (χ1n) is 8.33. The lowest BCUT2D eigenvalue weighted by Crippen LogP contribution is -2.31. The molecule has 1 amide bonds. The molecule has 1 aromatic heterocycles. The summed E-state index contributed by atoms with van der Waals surface area (Å²) < 4.78 is 0. The average Bonchev–Trinajstić information content (AvgIpc) is 3.13. The maximum Gasteiger partial charge on any atom is 0.236 e. The van der Waals surface area contributed by atoms with Crippen molar-refractivity contribution >= 4 is 22.4 Å². The molecule has 0 aliphatic rings. The van der Waals surface area contributed by atoms with E-state index in [0.717, 1.165) is 22.6 Å². The van der Waals surface area contributed by atoms with Crippen LogP contribution in [0.15, 0.2) is 54.6 Å². The van der Waals surface area contributed by atoms with Gasteiger partial charge in [0.25, 0.3) is 0 Å². The van der Waals surface area contributed by atoms with E-state index in [1.54, 1.807) is 11.9 Å². The lowest BCUT2D eigenvalue weighted by atomic mass is 9.95. The second-order valence-electron chi connectivity index (χ2n) is 6.02. The predicted molar refractivity (Wildman–Crippen MR) is 103 cm³/mol. The number of carbonyl (C=O) groups is 1. The van der Waals surface area contributed by atoms with Gasteiger partial charge in [0, 0.05) is 12.6 Å². The first-order valence-corrected chi connectivity index (χ1v) is 9.15. The fraction of sp³-hybridized carbons (Fsp3) is 0.250. The smallest absolute Gasteiger partial charge is 0.236 e. The molecule has 0 saturated heterocycles. The Morgan fingerprint density at radius 2 is 1.76 bits per heavy atom. The van der Waals surface area contributed by atoms with E-state index in [4.69, 9.17) is 0 Å². The van der Waals surface area contributed by atoms with Gasteiger partial charge in [-0.05, 0) is 18.9 Å². The summed E-state index contributed by atoms with van der Waals surface area (Å²) in [6.45, 7) is 4.08. The maximum atomic E-state index is 12.9. The van der Waals surface area contributed by atoms with Crippen LogP contribution in [0.2, 0.25) is 0 Å². The highest BCUT2D eigenvalue weighted by Gasteiger charge is 2.25. The molecule has 3 rings (SSSR count). The number of hydrogen-bond acceptors (Lipinski definition) is 4. The molecule has 1 heterocycles. The van der Waals surface area contributed by atoms with Crippen LogP contribution < -0.4 is 4.90 Å². The van der Waals surface area contributed by atoms with Crippen LogP contribution in [0.1, 0.15) is 30.4 Å². The van der Waals surface area contributed by atoms with Gasteiger partial charge in [-0.2, -0.15) is 0 Å². The van der Waals surface area contributed by atoms with Gasteiger partial charge < -0.3 is 0 Å². The Bertz CT molecular complexity index is 843. The Morgan fingerprint density at radius 1 is 1.08 bits per heavy atom. The van der Waals surface area contributed by atoms with Crippen LogP contribution >= 0.6 is 11.3 Å². The van der Waals surface area contributed by atoms with Crippen LogP contribution in [-0.2, 0) is 4.79 Å². The summed E-state index contributed by atoms with van der Waals surface area (Å²) in [7, 11) is 1.77. The number of likely N-dealkylation sites (N-methyl/N-ethyl adjacent to an activating group) is 1. The van der Waals surface area contributed by atoms with Crippen molar-refractivity contribution in [2.75, 3.05) is 11.9 Å². The number of aryl methyl sites for hydroxylation is 1. The number of benzene rings is 2. The number of rotatable bonds is 5. The number of anilines is 1. The van der Waals surface area contributed by atoms with Crippen molar-refractivity contribution in [1.82, 2.24) is 10.2 Å². The molecule has 4 nitrogen and oxygen atoms in total. The number of aromatic nitrogens is 2. The molecule has 1 atom stereocenters. The molecule has 3 aromatic rings. The fourth-order valence-corrected chi connectivity index (χ4v) is 3.55. The minimum Gasteiger partial charge on any atom is -0.289 e. The summed E-state index contributed by atoms with van der Waals surface area (Å²) in [5.41, 5.74) is 3.25. The summed E-state index contributed by atoms with van der Waals surface area (Å²) in [6.07, 6.45) is 0.747. The molecule has 0 aliphatic carbocycles. The topological polar surface area (TPSA) is 46.1 Å². The van der Waals surface area contributed by atoms with Crippen molar-refractivity contribution in [1.29, 1.82) is 0 Å². The highest BCUT2D eigenvalue weighted by Crippen LogP contribution is 2.30. The van der Waals surface area contributed by atoms with E-state index in [9.17, 15) is 4.79 Å². The van der Waals surface area contributed by atoms with Gasteiger partial charge in [0.2, 0.25) is 11.0 Å². The quantitative estimate of drug-likeness (QED) is 0.671. The summed E-state index contributed by atoms with van der Waals surface area (Å²) in [4.78, 5) is 14.6. The first kappa shape index (κ1) is 17.3. The zero-order chi connectivity index (χ0) is 17.8. The number of carbonyl (C=O) groups excluding carboxylic acids is 1. The molecule has 0 N–H and O–H groups in total. The van der Waals surface area contributed by atoms with Gasteiger partial charge in [-0.3, -0.25) is 9.69 Å². The van der Waals surface area contributed by atoms with Crippen molar-refractivity contribution in [3.05, 3.63) is 65.7 Å². The van der Waals surface area contributed by atoms with Gasteiger partial charge in [0.05, 0.1) is 5.92 Å². The van der Waals surface area contributed by atoms with E-state index in [1.807, 2.05) is 61.5 Å². The number of hydrogen-bond donors (Lipinski definition) is 0. The van der Waals surface area contributed by atoms with E-state index in [-0.39, 0.29) is 11.8 Å². The third-order valence-corrected chi connectivity index (χ3v) is 5.29. The van der Waals surface area contributed by atoms with Crippen LogP contribution in [-0.4, -0.2) is 23.2 Å². The summed E-state index contributed by atoms with van der Waals surface area (Å²) >= 11 is 1.43. The lowest BCUT2D eigenvalue weighted by molar-refractivity contribution is -0.119. The van der Waals surface area contributed by atoms with Crippen molar-refractivity contribution < 1.29 is 4.79 Å². The van der Waals surface area contributed by atoms with Crippen molar-refractivity contribution in [2.24, 2.45) is 0 Å². The second-order valence-corrected chi connectivity index (χ2v) is 6.98. The third-order valence-electron chi connectivity index (χ3n) is 4.24. The normalized spacial score (nSPS) is 12.0. The second kappa shape index (κ2) is 7.57. The van der Waals surface area contributed by atoms with Gasteiger partial charge >= 0.3 is 0 Å². The number of nitrogens with zero attached hydrogens (tertiary/aromatic N) is 3. The summed E-state index contributed by atoms with van der Waals surface area (Å²) in [5.74, 6) is -0.127. The van der Waals surface area contributed by atoms with Gasteiger partial charge in [0.1, 0.15) is 5.01 Å². The van der Waals surface area contributed by atoms with Crippen LogP contribution in [0.3, 0.4) is 0 Å². The van der Waals surface area contributed by atoms with E-state index >= 15 is 0 Å². The fourth-order valence-electron chi connectivity index (χ4n) is 2.73. The Balaban J connectivity index is 1.82. The van der Waals surface area contributed by atoms with Gasteiger partial charge in [0.15, 0.2) is 0 Å². The maximum absolute atomic E-state index is 12.9. The Hall–Kier alpha value is -2.53. The van der Waals surface area contributed by atoms with Crippen LogP contribution in [0.5, 0.6) is 0 Å². The molecule has 128 valence electrons. The first-order chi connectivity index (χ1) is 12.1. The average molecular weight is 351 g/mol. The van der Waals surface area contributed by atoms with Crippen molar-refractivity contribution in [3.63, 3.8) is 0 Å². The minimum absolute atomic E-state index is 0.0420. The molecule has 2 aromatic carbocycles. The van der Waals surface area contributed by atoms with E-state index in [0.29, 0.717) is 5.13 Å². The molecular weight excluding hydrogens is 330 g/mol. The van der Waals surface area contributed by atoms with Crippen LogP contribution in [0, 0.1) is 6.92 Å². The molecule has 1 unspecified atom stereocenters. The zero-order valence-corrected chi connectivity index (χ0v) is 15.5. The third kappa shape index (κ3) is 3.77. The summed E-state index contributed by atoms with van der Waals surface area (Å²) in [5, 5.41) is 9.91. The number of amides is 1. The van der Waals surface area contributed by atoms with Crippen molar-refractivity contribution in [3.8, 4) is 10.6 Å². The lowest BCUT2D eigenvalue weighted by Gasteiger charge is -2.20. The monoisotopic (exact) mass is 351 g/mol. The Kier molecular flexibility index (Phi) is 5.24.